The van der Waals surface area contributed by atoms with E-state index in [0.29, 0.717) is 10.7 Å². The number of amides is 1. The van der Waals surface area contributed by atoms with E-state index in [0.717, 1.165) is 5.56 Å². The molecule has 1 amide bonds. The molecule has 0 saturated heterocycles. The molecule has 18 heavy (non-hydrogen) atoms. The second kappa shape index (κ2) is 6.06. The monoisotopic (exact) mass is 280 g/mol. The smallest absolute Gasteiger partial charge is 0.325 e. The van der Waals surface area contributed by atoms with Crippen LogP contribution in [0.15, 0.2) is 18.2 Å². The van der Waals surface area contributed by atoms with Gasteiger partial charge >= 0.3 is 6.18 Å². The van der Waals surface area contributed by atoms with Crippen LogP contribution in [0.2, 0.25) is 5.02 Å². The van der Waals surface area contributed by atoms with Gasteiger partial charge in [-0.3, -0.25) is 4.79 Å². The largest absolute Gasteiger partial charge is 0.401 e. The van der Waals surface area contributed by atoms with Crippen LogP contribution in [0.4, 0.5) is 18.9 Å². The Kier molecular flexibility index (Phi) is 4.98. The summed E-state index contributed by atoms with van der Waals surface area (Å²) in [6.45, 7) is 0.193. The Morgan fingerprint density at radius 1 is 1.39 bits per heavy atom. The summed E-state index contributed by atoms with van der Waals surface area (Å²) in [5.41, 5.74) is 1.30. The molecule has 1 aromatic rings. The maximum Gasteiger partial charge on any atom is 0.401 e. The van der Waals surface area contributed by atoms with Crippen molar-refractivity contribution in [2.45, 2.75) is 13.1 Å². The van der Waals surface area contributed by atoms with E-state index >= 15 is 0 Å². The molecule has 0 aliphatic carbocycles. The highest BCUT2D eigenvalue weighted by molar-refractivity contribution is 6.31. The molecule has 1 aromatic carbocycles. The van der Waals surface area contributed by atoms with E-state index in [2.05, 4.69) is 5.32 Å². The fourth-order valence-corrected chi connectivity index (χ4v) is 1.37. The lowest BCUT2D eigenvalue weighted by atomic mass is 10.2. The molecular formula is C11H12ClF3N2O. The van der Waals surface area contributed by atoms with Gasteiger partial charge in [-0.2, -0.15) is 13.2 Å². The number of anilines is 1. The van der Waals surface area contributed by atoms with E-state index in [4.69, 9.17) is 11.6 Å². The Hall–Kier alpha value is -1.27. The first-order chi connectivity index (χ1) is 8.28. The van der Waals surface area contributed by atoms with E-state index in [1.165, 1.54) is 0 Å². The number of hydrogen-bond donors (Lipinski definition) is 2. The van der Waals surface area contributed by atoms with Crippen LogP contribution < -0.4 is 10.6 Å². The first-order valence-corrected chi connectivity index (χ1v) is 5.49. The maximum absolute atomic E-state index is 11.8. The van der Waals surface area contributed by atoms with Gasteiger partial charge in [0.2, 0.25) is 5.91 Å². The summed E-state index contributed by atoms with van der Waals surface area (Å²) in [7, 11) is 0. The van der Waals surface area contributed by atoms with E-state index in [1.54, 1.807) is 25.1 Å². The number of nitrogens with one attached hydrogen (secondary N) is 2. The lowest BCUT2D eigenvalue weighted by molar-refractivity contribution is -0.126. The van der Waals surface area contributed by atoms with Crippen LogP contribution in [0.25, 0.3) is 0 Å². The van der Waals surface area contributed by atoms with Crippen molar-refractivity contribution in [1.82, 2.24) is 5.32 Å². The predicted octanol–water partition coefficient (Wildman–Crippen LogP) is 2.74. The van der Waals surface area contributed by atoms with Gasteiger partial charge in [0, 0.05) is 10.7 Å². The molecule has 100 valence electrons. The molecule has 2 N–H and O–H groups in total. The summed E-state index contributed by atoms with van der Waals surface area (Å²) < 4.78 is 35.5. The first-order valence-electron chi connectivity index (χ1n) is 5.11. The number of halogens is 4. The minimum atomic E-state index is -4.33. The van der Waals surface area contributed by atoms with E-state index in [1.807, 2.05) is 5.32 Å². The molecular weight excluding hydrogens is 269 g/mol. The standard InChI is InChI=1S/C11H12ClF3N2O/c1-7-2-3-8(4-9(7)12)17-10(18)5-16-6-11(13,14)15/h2-4,16H,5-6H2,1H3,(H,17,18). The fraction of sp³-hybridized carbons (Fsp3) is 0.364. The molecule has 3 nitrogen and oxygen atoms in total. The third kappa shape index (κ3) is 5.37. The number of carbonyl (C=O) groups is 1. The van der Waals surface area contributed by atoms with Gasteiger partial charge in [-0.1, -0.05) is 17.7 Å². The van der Waals surface area contributed by atoms with Gasteiger partial charge < -0.3 is 10.6 Å². The normalized spacial score (nSPS) is 11.4. The van der Waals surface area contributed by atoms with Crippen LogP contribution in [0, 0.1) is 6.92 Å². The van der Waals surface area contributed by atoms with Crippen LogP contribution in [0.1, 0.15) is 5.56 Å². The highest BCUT2D eigenvalue weighted by atomic mass is 35.5. The van der Waals surface area contributed by atoms with Gasteiger partial charge in [-0.15, -0.1) is 0 Å². The summed E-state index contributed by atoms with van der Waals surface area (Å²) >= 11 is 5.85. The zero-order valence-electron chi connectivity index (χ0n) is 9.57. The molecule has 0 spiro atoms. The molecule has 0 bridgehead atoms. The molecule has 7 heteroatoms. The molecule has 0 fully saturated rings. The summed E-state index contributed by atoms with van der Waals surface area (Å²) in [5.74, 6) is -0.556. The molecule has 0 aliphatic heterocycles. The Balaban J connectivity index is 2.42. The highest BCUT2D eigenvalue weighted by Gasteiger charge is 2.26. The number of benzene rings is 1. The predicted molar refractivity (Wildman–Crippen MR) is 63.7 cm³/mol. The molecule has 0 saturated carbocycles. The number of hydrogen-bond acceptors (Lipinski definition) is 2. The Labute approximate surface area is 107 Å². The van der Waals surface area contributed by atoms with Crippen molar-refractivity contribution in [3.8, 4) is 0 Å². The lowest BCUT2D eigenvalue weighted by Gasteiger charge is -2.09. The first kappa shape index (κ1) is 14.8. The zero-order chi connectivity index (χ0) is 13.8. The van der Waals surface area contributed by atoms with Crippen LogP contribution in [-0.4, -0.2) is 25.2 Å². The van der Waals surface area contributed by atoms with Gasteiger partial charge in [0.15, 0.2) is 0 Å². The van der Waals surface area contributed by atoms with Crippen molar-refractivity contribution in [2.75, 3.05) is 18.4 Å². The summed E-state index contributed by atoms with van der Waals surface area (Å²) in [5, 5.41) is 4.93. The lowest BCUT2D eigenvalue weighted by Crippen LogP contribution is -2.35. The Morgan fingerprint density at radius 2 is 2.06 bits per heavy atom. The molecule has 0 heterocycles. The highest BCUT2D eigenvalue weighted by Crippen LogP contribution is 2.19. The van der Waals surface area contributed by atoms with Crippen LogP contribution in [-0.2, 0) is 4.79 Å². The number of carbonyl (C=O) groups excluding carboxylic acids is 1. The summed E-state index contributed by atoms with van der Waals surface area (Å²) in [6, 6.07) is 4.88. The van der Waals surface area contributed by atoms with Crippen molar-refractivity contribution in [2.24, 2.45) is 0 Å². The van der Waals surface area contributed by atoms with Gasteiger partial charge in [0.05, 0.1) is 13.1 Å². The molecule has 0 radical (unpaired) electrons. The fourth-order valence-electron chi connectivity index (χ4n) is 1.19. The molecule has 0 atom stereocenters. The number of aryl methyl sites for hydroxylation is 1. The molecule has 0 aliphatic rings. The SMILES string of the molecule is Cc1ccc(NC(=O)CNCC(F)(F)F)cc1Cl. The Morgan fingerprint density at radius 3 is 2.61 bits per heavy atom. The number of rotatable bonds is 4. The third-order valence-electron chi connectivity index (χ3n) is 2.07. The van der Waals surface area contributed by atoms with E-state index in [-0.39, 0.29) is 0 Å². The van der Waals surface area contributed by atoms with E-state index in [9.17, 15) is 18.0 Å². The summed E-state index contributed by atoms with van der Waals surface area (Å²) in [6.07, 6.45) is -4.33. The van der Waals surface area contributed by atoms with Gasteiger partial charge in [-0.25, -0.2) is 0 Å². The van der Waals surface area contributed by atoms with Crippen molar-refractivity contribution < 1.29 is 18.0 Å². The second-order valence-corrected chi connectivity index (χ2v) is 4.14. The van der Waals surface area contributed by atoms with Crippen molar-refractivity contribution in [3.05, 3.63) is 28.8 Å². The average Bonchev–Trinajstić information content (AvgIpc) is 2.21. The average molecular weight is 281 g/mol. The Bertz CT molecular complexity index is 435. The number of alkyl halides is 3. The van der Waals surface area contributed by atoms with Gasteiger partial charge in [0.1, 0.15) is 0 Å². The topological polar surface area (TPSA) is 41.1 Å². The minimum Gasteiger partial charge on any atom is -0.325 e. The van der Waals surface area contributed by atoms with Crippen molar-refractivity contribution in [3.63, 3.8) is 0 Å². The van der Waals surface area contributed by atoms with Crippen molar-refractivity contribution >= 4 is 23.2 Å². The van der Waals surface area contributed by atoms with Crippen LogP contribution in [0.5, 0.6) is 0 Å². The zero-order valence-corrected chi connectivity index (χ0v) is 10.3. The molecule has 1 rings (SSSR count). The summed E-state index contributed by atoms with van der Waals surface area (Å²) in [4.78, 5) is 11.3. The van der Waals surface area contributed by atoms with Gasteiger partial charge in [0.25, 0.3) is 0 Å². The minimum absolute atomic E-state index is 0.412. The molecule has 0 aromatic heterocycles. The third-order valence-corrected chi connectivity index (χ3v) is 2.47. The van der Waals surface area contributed by atoms with E-state index < -0.39 is 25.2 Å². The van der Waals surface area contributed by atoms with Gasteiger partial charge in [-0.05, 0) is 24.6 Å². The maximum atomic E-state index is 11.8. The van der Waals surface area contributed by atoms with Crippen molar-refractivity contribution in [1.29, 1.82) is 0 Å². The molecule has 0 unspecified atom stereocenters. The second-order valence-electron chi connectivity index (χ2n) is 3.73. The quantitative estimate of drug-likeness (QED) is 0.890. The van der Waals surface area contributed by atoms with Crippen LogP contribution >= 0.6 is 11.6 Å². The van der Waals surface area contributed by atoms with Crippen LogP contribution in [0.3, 0.4) is 0 Å².